The largest absolute Gasteiger partial charge is 0.353 e. The van der Waals surface area contributed by atoms with Crippen LogP contribution < -0.4 is 10.6 Å². The Morgan fingerprint density at radius 1 is 1.19 bits per heavy atom. The molecule has 92 valence electrons. The van der Waals surface area contributed by atoms with E-state index in [0.29, 0.717) is 18.5 Å². The minimum absolute atomic E-state index is 0.233. The molecule has 2 saturated carbocycles. The maximum Gasteiger partial charge on any atom is 0.221 e. The van der Waals surface area contributed by atoms with Crippen molar-refractivity contribution < 1.29 is 4.79 Å². The summed E-state index contributed by atoms with van der Waals surface area (Å²) in [6, 6.07) is 0.974. The van der Waals surface area contributed by atoms with Crippen LogP contribution in [0.2, 0.25) is 0 Å². The second kappa shape index (κ2) is 5.17. The van der Waals surface area contributed by atoms with E-state index in [-0.39, 0.29) is 5.91 Å². The van der Waals surface area contributed by atoms with Gasteiger partial charge in [-0.3, -0.25) is 4.79 Å². The van der Waals surface area contributed by atoms with E-state index in [0.717, 1.165) is 18.4 Å². The Bertz CT molecular complexity index is 232. The number of carbonyl (C=O) groups is 1. The molecule has 0 spiro atoms. The SMILES string of the molecule is CC(C)NCCC(=O)NC(C1CC1)C1CC1. The zero-order valence-corrected chi connectivity index (χ0v) is 10.5. The molecule has 2 fully saturated rings. The molecule has 0 heterocycles. The van der Waals surface area contributed by atoms with Crippen molar-refractivity contribution in [1.82, 2.24) is 10.6 Å². The highest BCUT2D eigenvalue weighted by atomic mass is 16.1. The lowest BCUT2D eigenvalue weighted by atomic mass is 10.1. The van der Waals surface area contributed by atoms with Gasteiger partial charge in [-0.2, -0.15) is 0 Å². The normalized spacial score (nSPS) is 20.5. The molecule has 0 saturated heterocycles. The quantitative estimate of drug-likeness (QED) is 0.691. The average Bonchev–Trinajstić information content (AvgIpc) is 3.06. The van der Waals surface area contributed by atoms with Crippen molar-refractivity contribution in [2.75, 3.05) is 6.54 Å². The fourth-order valence-corrected chi connectivity index (χ4v) is 2.26. The van der Waals surface area contributed by atoms with E-state index in [1.165, 1.54) is 25.7 Å². The lowest BCUT2D eigenvalue weighted by Gasteiger charge is -2.18. The Morgan fingerprint density at radius 2 is 1.75 bits per heavy atom. The van der Waals surface area contributed by atoms with Crippen molar-refractivity contribution in [3.05, 3.63) is 0 Å². The summed E-state index contributed by atoms with van der Waals surface area (Å²) in [6.45, 7) is 5.01. The predicted molar refractivity (Wildman–Crippen MR) is 65.1 cm³/mol. The Morgan fingerprint density at radius 3 is 2.19 bits per heavy atom. The molecular weight excluding hydrogens is 200 g/mol. The second-order valence-corrected chi connectivity index (χ2v) is 5.63. The molecule has 0 unspecified atom stereocenters. The molecule has 0 aromatic carbocycles. The minimum Gasteiger partial charge on any atom is -0.353 e. The molecule has 3 nitrogen and oxygen atoms in total. The van der Waals surface area contributed by atoms with Crippen LogP contribution in [0.1, 0.15) is 46.0 Å². The van der Waals surface area contributed by atoms with E-state index in [1.54, 1.807) is 0 Å². The van der Waals surface area contributed by atoms with Crippen LogP contribution >= 0.6 is 0 Å². The summed E-state index contributed by atoms with van der Waals surface area (Å²) in [6.07, 6.45) is 5.92. The number of rotatable bonds is 7. The smallest absolute Gasteiger partial charge is 0.221 e. The standard InChI is InChI=1S/C13H24N2O/c1-9(2)14-8-7-12(16)15-13(10-3-4-10)11-5-6-11/h9-11,13-14H,3-8H2,1-2H3,(H,15,16). The van der Waals surface area contributed by atoms with Gasteiger partial charge in [0.2, 0.25) is 5.91 Å². The summed E-state index contributed by atoms with van der Waals surface area (Å²) in [5.74, 6) is 1.83. The summed E-state index contributed by atoms with van der Waals surface area (Å²) >= 11 is 0. The topological polar surface area (TPSA) is 41.1 Å². The van der Waals surface area contributed by atoms with Crippen LogP contribution in [0.15, 0.2) is 0 Å². The molecule has 0 radical (unpaired) electrons. The zero-order valence-electron chi connectivity index (χ0n) is 10.5. The van der Waals surface area contributed by atoms with Crippen molar-refractivity contribution in [3.8, 4) is 0 Å². The summed E-state index contributed by atoms with van der Waals surface area (Å²) in [4.78, 5) is 11.7. The van der Waals surface area contributed by atoms with E-state index < -0.39 is 0 Å². The molecule has 0 atom stereocenters. The molecular formula is C13H24N2O. The molecule has 16 heavy (non-hydrogen) atoms. The van der Waals surface area contributed by atoms with Crippen LogP contribution in [-0.4, -0.2) is 24.5 Å². The van der Waals surface area contributed by atoms with Gasteiger partial charge >= 0.3 is 0 Å². The maximum absolute atomic E-state index is 11.7. The highest BCUT2D eigenvalue weighted by molar-refractivity contribution is 5.76. The van der Waals surface area contributed by atoms with Gasteiger partial charge < -0.3 is 10.6 Å². The molecule has 3 heteroatoms. The van der Waals surface area contributed by atoms with Crippen LogP contribution in [0, 0.1) is 11.8 Å². The van der Waals surface area contributed by atoms with Crippen LogP contribution in [0.4, 0.5) is 0 Å². The van der Waals surface area contributed by atoms with Crippen molar-refractivity contribution >= 4 is 5.91 Å². The van der Waals surface area contributed by atoms with Gasteiger partial charge in [0, 0.05) is 25.0 Å². The number of carbonyl (C=O) groups excluding carboxylic acids is 1. The fourth-order valence-electron chi connectivity index (χ4n) is 2.26. The summed E-state index contributed by atoms with van der Waals surface area (Å²) in [7, 11) is 0. The van der Waals surface area contributed by atoms with Gasteiger partial charge in [-0.1, -0.05) is 13.8 Å². The van der Waals surface area contributed by atoms with Gasteiger partial charge in [-0.15, -0.1) is 0 Å². The molecule has 0 aliphatic heterocycles. The van der Waals surface area contributed by atoms with Crippen LogP contribution in [0.3, 0.4) is 0 Å². The van der Waals surface area contributed by atoms with Crippen LogP contribution in [0.25, 0.3) is 0 Å². The van der Waals surface area contributed by atoms with Crippen molar-refractivity contribution in [1.29, 1.82) is 0 Å². The molecule has 2 aliphatic rings. The highest BCUT2D eigenvalue weighted by Crippen LogP contribution is 2.44. The van der Waals surface area contributed by atoms with Crippen LogP contribution in [0.5, 0.6) is 0 Å². The first-order valence-electron chi connectivity index (χ1n) is 6.69. The number of hydrogen-bond acceptors (Lipinski definition) is 2. The van der Waals surface area contributed by atoms with Gasteiger partial charge in [-0.05, 0) is 37.5 Å². The van der Waals surface area contributed by atoms with Crippen LogP contribution in [-0.2, 0) is 4.79 Å². The Hall–Kier alpha value is -0.570. The molecule has 0 bridgehead atoms. The maximum atomic E-state index is 11.7. The van der Waals surface area contributed by atoms with Gasteiger partial charge in [0.1, 0.15) is 0 Å². The molecule has 2 N–H and O–H groups in total. The monoisotopic (exact) mass is 224 g/mol. The van der Waals surface area contributed by atoms with Gasteiger partial charge in [-0.25, -0.2) is 0 Å². The minimum atomic E-state index is 0.233. The van der Waals surface area contributed by atoms with Gasteiger partial charge in [0.25, 0.3) is 0 Å². The molecule has 0 aromatic rings. The van der Waals surface area contributed by atoms with Gasteiger partial charge in [0.05, 0.1) is 0 Å². The Balaban J connectivity index is 1.64. The van der Waals surface area contributed by atoms with E-state index in [1.807, 2.05) is 0 Å². The first-order chi connectivity index (χ1) is 7.66. The molecule has 2 rings (SSSR count). The van der Waals surface area contributed by atoms with Gasteiger partial charge in [0.15, 0.2) is 0 Å². The van der Waals surface area contributed by atoms with Crippen molar-refractivity contribution in [2.45, 2.75) is 58.0 Å². The third kappa shape index (κ3) is 3.78. The van der Waals surface area contributed by atoms with E-state index in [2.05, 4.69) is 24.5 Å². The second-order valence-electron chi connectivity index (χ2n) is 5.63. The fraction of sp³-hybridized carbons (Fsp3) is 0.923. The Labute approximate surface area is 98.4 Å². The van der Waals surface area contributed by atoms with Crippen molar-refractivity contribution in [2.24, 2.45) is 11.8 Å². The Kier molecular flexibility index (Phi) is 3.85. The third-order valence-electron chi connectivity index (χ3n) is 3.49. The molecule has 1 amide bonds. The predicted octanol–water partition coefficient (Wildman–Crippen LogP) is 1.68. The van der Waals surface area contributed by atoms with Crippen molar-refractivity contribution in [3.63, 3.8) is 0 Å². The van der Waals surface area contributed by atoms with E-state index in [4.69, 9.17) is 0 Å². The summed E-state index contributed by atoms with van der Waals surface area (Å²) in [5.41, 5.74) is 0. The average molecular weight is 224 g/mol. The lowest BCUT2D eigenvalue weighted by molar-refractivity contribution is -0.122. The first kappa shape index (κ1) is 11.9. The number of nitrogens with one attached hydrogen (secondary N) is 2. The highest BCUT2D eigenvalue weighted by Gasteiger charge is 2.41. The number of hydrogen-bond donors (Lipinski definition) is 2. The van der Waals surface area contributed by atoms with E-state index >= 15 is 0 Å². The first-order valence-corrected chi connectivity index (χ1v) is 6.69. The molecule has 0 aromatic heterocycles. The summed E-state index contributed by atoms with van der Waals surface area (Å²) < 4.78 is 0. The lowest BCUT2D eigenvalue weighted by Crippen LogP contribution is -2.39. The zero-order chi connectivity index (χ0) is 11.5. The summed E-state index contributed by atoms with van der Waals surface area (Å²) in [5, 5.41) is 6.51. The molecule has 2 aliphatic carbocycles. The third-order valence-corrected chi connectivity index (χ3v) is 3.49. The number of amides is 1. The van der Waals surface area contributed by atoms with E-state index in [9.17, 15) is 4.79 Å².